The van der Waals surface area contributed by atoms with Crippen LogP contribution < -0.4 is 10.5 Å². The van der Waals surface area contributed by atoms with Gasteiger partial charge in [0.1, 0.15) is 10.7 Å². The first-order valence-corrected chi connectivity index (χ1v) is 7.04. The van der Waals surface area contributed by atoms with E-state index in [1.807, 2.05) is 0 Å². The Hall–Kier alpha value is -1.18. The molecule has 18 heavy (non-hydrogen) atoms. The minimum atomic E-state index is -4.23. The van der Waals surface area contributed by atoms with Crippen LogP contribution in [0.4, 0.5) is 4.39 Å². The van der Waals surface area contributed by atoms with E-state index in [0.29, 0.717) is 0 Å². The van der Waals surface area contributed by atoms with Gasteiger partial charge < -0.3 is 5.32 Å². The number of benzene rings is 1. The molecule has 1 saturated carbocycles. The lowest BCUT2D eigenvalue weighted by Gasteiger charge is -2.08. The van der Waals surface area contributed by atoms with E-state index >= 15 is 0 Å². The zero-order chi connectivity index (χ0) is 13.5. The van der Waals surface area contributed by atoms with Crippen LogP contribution >= 0.6 is 11.6 Å². The Balaban J connectivity index is 2.43. The summed E-state index contributed by atoms with van der Waals surface area (Å²) in [5, 5.41) is 7.32. The third-order valence-corrected chi connectivity index (χ3v) is 3.72. The fourth-order valence-corrected chi connectivity index (χ4v) is 2.26. The number of rotatable bonds is 3. The van der Waals surface area contributed by atoms with Crippen molar-refractivity contribution in [2.75, 3.05) is 0 Å². The summed E-state index contributed by atoms with van der Waals surface area (Å²) in [7, 11) is -4.23. The molecular formula is C10H10ClFN2O3S. The van der Waals surface area contributed by atoms with E-state index < -0.39 is 26.6 Å². The van der Waals surface area contributed by atoms with Crippen molar-refractivity contribution in [3.8, 4) is 0 Å². The van der Waals surface area contributed by atoms with Crippen molar-refractivity contribution in [1.29, 1.82) is 0 Å². The smallest absolute Gasteiger partial charge is 0.253 e. The van der Waals surface area contributed by atoms with Crippen LogP contribution in [0.3, 0.4) is 0 Å². The van der Waals surface area contributed by atoms with Gasteiger partial charge in [-0.1, -0.05) is 11.6 Å². The lowest BCUT2D eigenvalue weighted by atomic mass is 10.2. The molecule has 1 aliphatic carbocycles. The van der Waals surface area contributed by atoms with Crippen LogP contribution in [0.15, 0.2) is 17.0 Å². The molecule has 1 aromatic carbocycles. The Morgan fingerprint density at radius 1 is 1.44 bits per heavy atom. The van der Waals surface area contributed by atoms with Gasteiger partial charge in [-0.2, -0.15) is 0 Å². The molecule has 0 radical (unpaired) electrons. The lowest BCUT2D eigenvalue weighted by molar-refractivity contribution is 0.0951. The van der Waals surface area contributed by atoms with E-state index in [-0.39, 0.29) is 16.6 Å². The highest BCUT2D eigenvalue weighted by atomic mass is 35.5. The van der Waals surface area contributed by atoms with Gasteiger partial charge >= 0.3 is 0 Å². The molecule has 0 spiro atoms. The van der Waals surface area contributed by atoms with Crippen LogP contribution in [-0.4, -0.2) is 20.4 Å². The fourth-order valence-electron chi connectivity index (χ4n) is 1.41. The van der Waals surface area contributed by atoms with Gasteiger partial charge in [0.05, 0.1) is 10.6 Å². The highest BCUT2D eigenvalue weighted by Crippen LogP contribution is 2.25. The highest BCUT2D eigenvalue weighted by Gasteiger charge is 2.26. The number of carbonyl (C=O) groups excluding carboxylic acids is 1. The fraction of sp³-hybridized carbons (Fsp3) is 0.300. The molecule has 0 aromatic heterocycles. The van der Waals surface area contributed by atoms with Crippen LogP contribution in [-0.2, 0) is 10.0 Å². The van der Waals surface area contributed by atoms with Crippen LogP contribution in [0.2, 0.25) is 5.02 Å². The molecule has 5 nitrogen and oxygen atoms in total. The first-order valence-electron chi connectivity index (χ1n) is 5.12. The SMILES string of the molecule is NS(=O)(=O)c1cc(C(=O)NC2CC2)c(Cl)cc1F. The molecule has 1 aromatic rings. The van der Waals surface area contributed by atoms with E-state index in [1.54, 1.807) is 0 Å². The van der Waals surface area contributed by atoms with E-state index in [4.69, 9.17) is 16.7 Å². The Bertz CT molecular complexity index is 614. The molecule has 1 amide bonds. The van der Waals surface area contributed by atoms with Crippen LogP contribution in [0.1, 0.15) is 23.2 Å². The maximum absolute atomic E-state index is 13.4. The Morgan fingerprint density at radius 3 is 2.56 bits per heavy atom. The second-order valence-corrected chi connectivity index (χ2v) is 5.99. The summed E-state index contributed by atoms with van der Waals surface area (Å²) in [4.78, 5) is 11.0. The average molecular weight is 293 g/mol. The van der Waals surface area contributed by atoms with Gasteiger partial charge in [-0.25, -0.2) is 17.9 Å². The number of nitrogens with one attached hydrogen (secondary N) is 1. The zero-order valence-corrected chi connectivity index (χ0v) is 10.7. The van der Waals surface area contributed by atoms with Gasteiger partial charge in [0.2, 0.25) is 10.0 Å². The monoisotopic (exact) mass is 292 g/mol. The zero-order valence-electron chi connectivity index (χ0n) is 9.11. The first kappa shape index (κ1) is 13.3. The van der Waals surface area contributed by atoms with Crippen molar-refractivity contribution in [1.82, 2.24) is 5.32 Å². The number of sulfonamides is 1. The summed E-state index contributed by atoms with van der Waals surface area (Å²) < 4.78 is 35.7. The standard InChI is InChI=1S/C10H10ClFN2O3S/c11-7-4-8(12)9(18(13,16)17)3-6(7)10(15)14-5-1-2-5/h3-5H,1-2H2,(H,14,15)(H2,13,16,17). The summed E-state index contributed by atoms with van der Waals surface area (Å²) in [6.07, 6.45) is 1.74. The van der Waals surface area contributed by atoms with Gasteiger partial charge in [0.25, 0.3) is 5.91 Å². The minimum absolute atomic E-state index is 0.0801. The minimum Gasteiger partial charge on any atom is -0.349 e. The lowest BCUT2D eigenvalue weighted by Crippen LogP contribution is -2.26. The summed E-state index contributed by atoms with van der Waals surface area (Å²) in [5.74, 6) is -1.61. The quantitative estimate of drug-likeness (QED) is 0.871. The molecule has 0 heterocycles. The van der Waals surface area contributed by atoms with Gasteiger partial charge in [0.15, 0.2) is 0 Å². The van der Waals surface area contributed by atoms with Crippen molar-refractivity contribution in [2.24, 2.45) is 5.14 Å². The molecule has 0 bridgehead atoms. The van der Waals surface area contributed by atoms with Crippen LogP contribution in [0.5, 0.6) is 0 Å². The summed E-state index contributed by atoms with van der Waals surface area (Å²) in [6, 6.07) is 1.70. The van der Waals surface area contributed by atoms with Crippen molar-refractivity contribution in [3.63, 3.8) is 0 Å². The molecular weight excluding hydrogens is 283 g/mol. The van der Waals surface area contributed by atoms with Crippen molar-refractivity contribution in [3.05, 3.63) is 28.5 Å². The summed E-state index contributed by atoms with van der Waals surface area (Å²) >= 11 is 5.71. The number of primary sulfonamides is 1. The van der Waals surface area contributed by atoms with E-state index in [1.165, 1.54) is 0 Å². The van der Waals surface area contributed by atoms with Crippen LogP contribution in [0.25, 0.3) is 0 Å². The number of hydrogen-bond donors (Lipinski definition) is 2. The second-order valence-electron chi connectivity index (χ2n) is 4.06. The first-order chi connectivity index (χ1) is 8.29. The molecule has 8 heteroatoms. The Labute approximate surface area is 108 Å². The second kappa shape index (κ2) is 4.49. The number of hydrogen-bond acceptors (Lipinski definition) is 3. The Morgan fingerprint density at radius 2 is 2.06 bits per heavy atom. The molecule has 98 valence electrons. The van der Waals surface area contributed by atoms with Gasteiger partial charge in [-0.15, -0.1) is 0 Å². The van der Waals surface area contributed by atoms with Gasteiger partial charge in [-0.3, -0.25) is 4.79 Å². The predicted octanol–water partition coefficient (Wildman–Crippen LogP) is 1.02. The molecule has 1 aliphatic rings. The third-order valence-electron chi connectivity index (χ3n) is 2.49. The van der Waals surface area contributed by atoms with Crippen LogP contribution in [0, 0.1) is 5.82 Å². The topological polar surface area (TPSA) is 89.3 Å². The number of carbonyl (C=O) groups is 1. The van der Waals surface area contributed by atoms with Crippen molar-refractivity contribution < 1.29 is 17.6 Å². The summed E-state index contributed by atoms with van der Waals surface area (Å²) in [5.41, 5.74) is -0.103. The average Bonchev–Trinajstić information content (AvgIpc) is 2.99. The number of amides is 1. The third kappa shape index (κ3) is 2.80. The van der Waals surface area contributed by atoms with Crippen molar-refractivity contribution in [2.45, 2.75) is 23.8 Å². The molecule has 1 fully saturated rings. The Kier molecular flexibility index (Phi) is 3.31. The number of halogens is 2. The molecule has 0 unspecified atom stereocenters. The normalized spacial score (nSPS) is 15.5. The summed E-state index contributed by atoms with van der Waals surface area (Å²) in [6.45, 7) is 0. The van der Waals surface area contributed by atoms with Crippen molar-refractivity contribution >= 4 is 27.5 Å². The molecule has 2 rings (SSSR count). The maximum Gasteiger partial charge on any atom is 0.253 e. The maximum atomic E-state index is 13.4. The molecule has 0 saturated heterocycles. The molecule has 0 aliphatic heterocycles. The largest absolute Gasteiger partial charge is 0.349 e. The van der Waals surface area contributed by atoms with E-state index in [0.717, 1.165) is 25.0 Å². The molecule has 0 atom stereocenters. The highest BCUT2D eigenvalue weighted by molar-refractivity contribution is 7.89. The number of nitrogens with two attached hydrogens (primary N) is 1. The van der Waals surface area contributed by atoms with Gasteiger partial charge in [0, 0.05) is 6.04 Å². The van der Waals surface area contributed by atoms with E-state index in [2.05, 4.69) is 5.32 Å². The predicted molar refractivity (Wildman–Crippen MR) is 63.3 cm³/mol. The molecule has 3 N–H and O–H groups in total. The van der Waals surface area contributed by atoms with E-state index in [9.17, 15) is 17.6 Å². The van der Waals surface area contributed by atoms with Gasteiger partial charge in [-0.05, 0) is 25.0 Å².